The molecule has 4 N–H and O–H groups in total. The number of unbranched alkanes of at least 4 members (excludes halogenated alkanes) is 2. The molecule has 0 saturated carbocycles. The number of amides is 2. The van der Waals surface area contributed by atoms with Crippen LogP contribution in [-0.4, -0.2) is 97.3 Å². The fraction of sp³-hybridized carbons (Fsp3) is 0.440. The lowest BCUT2D eigenvalue weighted by Crippen LogP contribution is -2.34. The highest BCUT2D eigenvalue weighted by molar-refractivity contribution is 7.86. The average molecular weight is 943 g/mol. The van der Waals surface area contributed by atoms with E-state index in [1.165, 1.54) is 6.20 Å². The number of pyridine rings is 1. The molecular weight excluding hydrogens is 879 g/mol. The minimum Gasteiger partial charge on any atom is -0.363 e. The molecule has 1 atom stereocenters. The molecule has 66 heavy (non-hydrogen) atoms. The molecule has 0 bridgehead atoms. The maximum absolute atomic E-state index is 12.7. The first-order chi connectivity index (χ1) is 31.2. The Morgan fingerprint density at radius 2 is 1.56 bits per heavy atom. The molecule has 2 amide bonds. The van der Waals surface area contributed by atoms with E-state index in [2.05, 4.69) is 82.1 Å². The molecule has 14 nitrogen and oxygen atoms in total. The topological polar surface area (TPSA) is 195 Å². The predicted octanol–water partition coefficient (Wildman–Crippen LogP) is 7.05. The van der Waals surface area contributed by atoms with Crippen LogP contribution in [0, 0.1) is 26.2 Å². The SMILES string of the molecule is C#CCOCc1ccc(C(=O)NCCNC(=O)CCCCCC2(C)C(=CC=CC=CC3=[N+](CCCS(=O)(=O)O)c4ccc(C)cc4C3(C)C)N(CCCS(=O)(=O)O)c3ccc(C)cc32)cn1. The number of carbonyl (C=O) groups is 2. The van der Waals surface area contributed by atoms with Gasteiger partial charge in [-0.25, -0.2) is 0 Å². The smallest absolute Gasteiger partial charge is 0.265 e. The highest BCUT2D eigenvalue weighted by Gasteiger charge is 2.45. The summed E-state index contributed by atoms with van der Waals surface area (Å²) in [5.41, 5.74) is 8.68. The zero-order valence-corrected chi connectivity index (χ0v) is 40.3. The molecule has 0 spiro atoms. The van der Waals surface area contributed by atoms with Crippen molar-refractivity contribution < 1.29 is 44.8 Å². The average Bonchev–Trinajstić information content (AvgIpc) is 3.59. The maximum atomic E-state index is 12.7. The molecule has 3 aromatic rings. The number of anilines is 1. The molecule has 1 aromatic heterocycles. The zero-order chi connectivity index (χ0) is 48.1. The van der Waals surface area contributed by atoms with E-state index in [1.807, 2.05) is 50.3 Å². The number of aryl methyl sites for hydroxylation is 2. The molecule has 2 aromatic carbocycles. The third kappa shape index (κ3) is 14.0. The van der Waals surface area contributed by atoms with Crippen molar-refractivity contribution in [3.8, 4) is 12.3 Å². The van der Waals surface area contributed by atoms with E-state index >= 15 is 0 Å². The van der Waals surface area contributed by atoms with Gasteiger partial charge in [0.25, 0.3) is 26.1 Å². The molecule has 0 radical (unpaired) electrons. The summed E-state index contributed by atoms with van der Waals surface area (Å²) >= 11 is 0. The number of allylic oxidation sites excluding steroid dienone is 6. The van der Waals surface area contributed by atoms with Crippen molar-refractivity contribution in [3.05, 3.63) is 124 Å². The Balaban J connectivity index is 1.25. The normalized spacial score (nSPS) is 17.4. The molecule has 0 aliphatic carbocycles. The Morgan fingerprint density at radius 1 is 0.864 bits per heavy atom. The van der Waals surface area contributed by atoms with Gasteiger partial charge in [0.15, 0.2) is 5.71 Å². The summed E-state index contributed by atoms with van der Waals surface area (Å²) < 4.78 is 73.1. The van der Waals surface area contributed by atoms with Crippen LogP contribution >= 0.6 is 0 Å². The summed E-state index contributed by atoms with van der Waals surface area (Å²) in [6.45, 7) is 12.3. The fourth-order valence-electron chi connectivity index (χ4n) is 8.74. The number of ether oxygens (including phenoxy) is 1. The number of hydrogen-bond donors (Lipinski definition) is 4. The number of fused-ring (bicyclic) bond motifs is 2. The van der Waals surface area contributed by atoms with Crippen molar-refractivity contribution in [2.75, 3.05) is 49.2 Å². The van der Waals surface area contributed by atoms with E-state index in [4.69, 9.17) is 11.2 Å². The van der Waals surface area contributed by atoms with E-state index in [0.29, 0.717) is 37.2 Å². The number of rotatable bonds is 24. The largest absolute Gasteiger partial charge is 0.363 e. The third-order valence-electron chi connectivity index (χ3n) is 12.1. The minimum absolute atomic E-state index is 0.0987. The molecule has 2 aliphatic heterocycles. The van der Waals surface area contributed by atoms with Crippen LogP contribution in [0.25, 0.3) is 0 Å². The van der Waals surface area contributed by atoms with Crippen molar-refractivity contribution in [2.45, 2.75) is 97.0 Å². The molecule has 1 unspecified atom stereocenters. The fourth-order valence-corrected chi connectivity index (χ4v) is 9.72. The molecule has 0 fully saturated rings. The summed E-state index contributed by atoms with van der Waals surface area (Å²) in [6.07, 6.45) is 20.5. The molecule has 0 saturated heterocycles. The second-order valence-corrected chi connectivity index (χ2v) is 20.8. The quantitative estimate of drug-likeness (QED) is 0.0236. The monoisotopic (exact) mass is 942 g/mol. The van der Waals surface area contributed by atoms with Gasteiger partial charge >= 0.3 is 0 Å². The van der Waals surface area contributed by atoms with Gasteiger partial charge in [-0.2, -0.15) is 21.4 Å². The first-order valence-electron chi connectivity index (χ1n) is 22.3. The van der Waals surface area contributed by atoms with E-state index in [0.717, 1.165) is 64.3 Å². The Morgan fingerprint density at radius 3 is 2.26 bits per heavy atom. The van der Waals surface area contributed by atoms with E-state index in [9.17, 15) is 35.5 Å². The van der Waals surface area contributed by atoms with Crippen LogP contribution in [0.15, 0.2) is 90.8 Å². The highest BCUT2D eigenvalue weighted by atomic mass is 32.2. The first-order valence-corrected chi connectivity index (χ1v) is 25.6. The second-order valence-electron chi connectivity index (χ2n) is 17.7. The first kappa shape index (κ1) is 51.5. The number of terminal acetylenes is 1. The molecule has 5 rings (SSSR count). The Bertz CT molecular complexity index is 2630. The molecular formula is C50H64N5O9S2+. The van der Waals surface area contributed by atoms with Crippen LogP contribution in [0.2, 0.25) is 0 Å². The summed E-state index contributed by atoms with van der Waals surface area (Å²) in [5, 5.41) is 5.68. The van der Waals surface area contributed by atoms with Crippen molar-refractivity contribution in [1.29, 1.82) is 0 Å². The van der Waals surface area contributed by atoms with Crippen molar-refractivity contribution in [3.63, 3.8) is 0 Å². The van der Waals surface area contributed by atoms with Crippen LogP contribution in [-0.2, 0) is 47.2 Å². The third-order valence-corrected chi connectivity index (χ3v) is 13.7. The standard InChI is InChI=1S/C50H63N5O9S2/c1-7-30-64-36-40-22-21-39(35-53-40)48(57)52-27-26-51-47(56)18-12-9-13-25-50(6)42-34-38(3)20-24-44(42)55(29-15-32-66(61,62)63)46(50)17-11-8-10-16-45-49(4,5)41-33-37(2)19-23-43(41)54(45)28-14-31-65(58,59)60/h1,8,10-11,16-17,19-24,33-35H,9,12-15,18,25-32,36H2,2-6H3,(H3-,51,52,56,57,58,59,60,61,62,63)/p+1. The lowest BCUT2D eigenvalue weighted by molar-refractivity contribution is -0.437. The zero-order valence-electron chi connectivity index (χ0n) is 38.7. The number of nitrogens with one attached hydrogen (secondary N) is 2. The Kier molecular flexibility index (Phi) is 17.8. The Labute approximate surface area is 390 Å². The van der Waals surface area contributed by atoms with Crippen molar-refractivity contribution in [2.24, 2.45) is 0 Å². The summed E-state index contributed by atoms with van der Waals surface area (Å²) in [7, 11) is -8.27. The van der Waals surface area contributed by atoms with Crippen LogP contribution < -0.4 is 15.5 Å². The van der Waals surface area contributed by atoms with E-state index in [-0.39, 0.29) is 67.9 Å². The van der Waals surface area contributed by atoms with Crippen LogP contribution in [0.1, 0.15) is 104 Å². The van der Waals surface area contributed by atoms with Crippen LogP contribution in [0.4, 0.5) is 11.4 Å². The number of hydrogen-bond acceptors (Lipinski definition) is 9. The van der Waals surface area contributed by atoms with Crippen molar-refractivity contribution in [1.82, 2.24) is 15.6 Å². The van der Waals surface area contributed by atoms with Gasteiger partial charge in [-0.15, -0.1) is 6.42 Å². The number of carbonyl (C=O) groups excluding carboxylic acids is 2. The minimum atomic E-state index is -4.16. The van der Waals surface area contributed by atoms with Gasteiger partial charge in [-0.3, -0.25) is 23.7 Å². The number of nitrogens with zero attached hydrogens (tertiary/aromatic N) is 3. The van der Waals surface area contributed by atoms with E-state index in [1.54, 1.807) is 12.1 Å². The second kappa shape index (κ2) is 22.8. The van der Waals surface area contributed by atoms with Crippen LogP contribution in [0.3, 0.4) is 0 Å². The Hall–Kier alpha value is -5.44. The molecule has 3 heterocycles. The lowest BCUT2D eigenvalue weighted by atomic mass is 9.76. The molecule has 2 aliphatic rings. The van der Waals surface area contributed by atoms with E-state index < -0.39 is 25.7 Å². The van der Waals surface area contributed by atoms with Crippen LogP contribution in [0.5, 0.6) is 0 Å². The van der Waals surface area contributed by atoms with Gasteiger partial charge in [0.05, 0.1) is 34.8 Å². The van der Waals surface area contributed by atoms with Gasteiger partial charge in [-0.05, 0) is 89.8 Å². The molecule has 354 valence electrons. The molecule has 16 heteroatoms. The van der Waals surface area contributed by atoms with Gasteiger partial charge < -0.3 is 20.3 Å². The highest BCUT2D eigenvalue weighted by Crippen LogP contribution is 2.51. The lowest BCUT2D eigenvalue weighted by Gasteiger charge is -2.30. The maximum Gasteiger partial charge on any atom is 0.265 e. The summed E-state index contributed by atoms with van der Waals surface area (Å²) in [5.74, 6) is 1.29. The van der Waals surface area contributed by atoms with Crippen molar-refractivity contribution >= 4 is 49.1 Å². The van der Waals surface area contributed by atoms with Gasteiger partial charge in [0.1, 0.15) is 13.2 Å². The summed E-state index contributed by atoms with van der Waals surface area (Å²) in [6, 6.07) is 15.9. The number of benzene rings is 2. The van der Waals surface area contributed by atoms with Gasteiger partial charge in [0, 0.05) is 73.2 Å². The van der Waals surface area contributed by atoms with Gasteiger partial charge in [-0.1, -0.05) is 66.3 Å². The van der Waals surface area contributed by atoms with Gasteiger partial charge in [0.2, 0.25) is 11.6 Å². The summed E-state index contributed by atoms with van der Waals surface area (Å²) in [4.78, 5) is 31.6. The number of aromatic nitrogens is 1. The predicted molar refractivity (Wildman–Crippen MR) is 259 cm³/mol.